The van der Waals surface area contributed by atoms with Gasteiger partial charge in [0.25, 0.3) is 0 Å². The number of hydrogen-bond acceptors (Lipinski definition) is 1. The van der Waals surface area contributed by atoms with Gasteiger partial charge in [0.05, 0.1) is 0 Å². The second-order valence-corrected chi connectivity index (χ2v) is 9.01. The molecule has 0 radical (unpaired) electrons. The van der Waals surface area contributed by atoms with Crippen LogP contribution in [0.5, 0.6) is 0 Å². The first-order valence-corrected chi connectivity index (χ1v) is 9.59. The molecule has 1 nitrogen and oxygen atoms in total. The normalized spacial score (nSPS) is 17.6. The molecule has 0 spiro atoms. The average Bonchev–Trinajstić information content (AvgIpc) is 2.63. The van der Waals surface area contributed by atoms with Gasteiger partial charge < -0.3 is 0 Å². The van der Waals surface area contributed by atoms with Crippen molar-refractivity contribution in [1.82, 2.24) is 0 Å². The Hall–Kier alpha value is 0.111. The molecular weight excluding hydrogens is 248 g/mol. The number of benzene rings is 1. The van der Waals surface area contributed by atoms with Crippen LogP contribution in [-0.4, -0.2) is 47.3 Å². The molecule has 2 heteroatoms. The molecule has 0 heterocycles. The maximum absolute atomic E-state index is 10.2. The zero-order chi connectivity index (χ0) is 9.80. The molecule has 1 unspecified atom stereocenters. The summed E-state index contributed by atoms with van der Waals surface area (Å²) in [4.78, 5) is 10.2. The van der Waals surface area contributed by atoms with Crippen LogP contribution in [0.2, 0.25) is 1.39 Å². The minimum atomic E-state index is -0.785. The van der Waals surface area contributed by atoms with Crippen molar-refractivity contribution in [3.63, 3.8) is 0 Å². The van der Waals surface area contributed by atoms with Crippen molar-refractivity contribution >= 4 is 53.4 Å². The maximum atomic E-state index is 10.2. The summed E-state index contributed by atoms with van der Waals surface area (Å²) in [6.07, 6.45) is 6.41. The Morgan fingerprint density at radius 3 is 3.07 bits per heavy atom. The van der Waals surface area contributed by atoms with E-state index in [4.69, 9.17) is 0 Å². The summed E-state index contributed by atoms with van der Waals surface area (Å²) in [5.74, 6) is 0. The number of fused-ring (bicyclic) bond motifs is 1. The van der Waals surface area contributed by atoms with Crippen molar-refractivity contribution in [1.29, 1.82) is 0 Å². The van der Waals surface area contributed by atoms with Gasteiger partial charge in [-0.3, -0.25) is 0 Å². The summed E-state index contributed by atoms with van der Waals surface area (Å²) in [6.45, 7) is 0. The van der Waals surface area contributed by atoms with Gasteiger partial charge in [-0.1, -0.05) is 0 Å². The Bertz CT molecular complexity index is 357. The topological polar surface area (TPSA) is 17.1 Å². The quantitative estimate of drug-likeness (QED) is 0.461. The van der Waals surface area contributed by atoms with E-state index in [-0.39, 0.29) is 0 Å². The molecule has 1 atom stereocenters. The second kappa shape index (κ2) is 5.27. The zero-order valence-corrected chi connectivity index (χ0v) is 11.6. The van der Waals surface area contributed by atoms with Crippen molar-refractivity contribution in [2.75, 3.05) is 0 Å². The first-order valence-electron chi connectivity index (χ1n) is 5.12. The van der Waals surface area contributed by atoms with Crippen molar-refractivity contribution < 1.29 is 4.79 Å². The summed E-state index contributed by atoms with van der Waals surface area (Å²) >= 11 is -0.785. The molecule has 2 rings (SSSR count). The van der Waals surface area contributed by atoms with E-state index >= 15 is 0 Å². The summed E-state index contributed by atoms with van der Waals surface area (Å²) in [6, 6.07) is 8.62. The van der Waals surface area contributed by atoms with Crippen LogP contribution >= 0.6 is 0 Å². The molecule has 0 aromatic heterocycles. The molecule has 0 amide bonds. The Morgan fingerprint density at radius 2 is 2.21 bits per heavy atom. The monoisotopic (exact) mass is 260 g/mol. The van der Waals surface area contributed by atoms with Crippen molar-refractivity contribution in [2.24, 2.45) is 0 Å². The number of carbonyl (C=O) groups excluding carboxylic acids is 1. The molecule has 0 saturated carbocycles. The molecule has 1 aromatic rings. The number of carbonyl (C=O) groups is 1. The van der Waals surface area contributed by atoms with Crippen LogP contribution in [-0.2, 0) is 4.79 Å². The molecule has 1 aromatic carbocycles. The van der Waals surface area contributed by atoms with Crippen LogP contribution in [0.4, 0.5) is 0 Å². The fourth-order valence-electron chi connectivity index (χ4n) is 2.00. The third-order valence-electron chi connectivity index (χ3n) is 2.74. The molecule has 0 bridgehead atoms. The summed E-state index contributed by atoms with van der Waals surface area (Å²) in [5.41, 5.74) is 2.90. The molecule has 0 saturated heterocycles. The molecule has 68 valence electrons. The van der Waals surface area contributed by atoms with Crippen molar-refractivity contribution in [3.05, 3.63) is 41.5 Å². The van der Waals surface area contributed by atoms with E-state index in [0.29, 0.717) is 0 Å². The Balaban J connectivity index is 2.03. The molecule has 0 N–H and O–H groups in total. The van der Waals surface area contributed by atoms with E-state index in [0.717, 1.165) is 13.6 Å². The van der Waals surface area contributed by atoms with Gasteiger partial charge >= 0.3 is 108 Å². The summed E-state index contributed by atoms with van der Waals surface area (Å²) in [7, 11) is 0. The summed E-state index contributed by atoms with van der Waals surface area (Å²) in [5, 5.41) is 0. The van der Waals surface area contributed by atoms with Gasteiger partial charge in [0.2, 0.25) is 0 Å². The average molecular weight is 260 g/mol. The SMILES string of the molecule is O=CC[CH2][Sr][CH]1C=Cc2ccccc21. The molecule has 0 fully saturated rings. The van der Waals surface area contributed by atoms with Gasteiger partial charge in [-0.2, -0.15) is 0 Å². The molecule has 0 aliphatic heterocycles. The van der Waals surface area contributed by atoms with Gasteiger partial charge in [0.15, 0.2) is 0 Å². The third-order valence-corrected chi connectivity index (χ3v) is 8.03. The van der Waals surface area contributed by atoms with Gasteiger partial charge in [0.1, 0.15) is 0 Å². The predicted octanol–water partition coefficient (Wildman–Crippen LogP) is 2.47. The third kappa shape index (κ3) is 2.37. The summed E-state index contributed by atoms with van der Waals surface area (Å²) < 4.78 is 1.95. The zero-order valence-electron chi connectivity index (χ0n) is 8.15. The fraction of sp³-hybridized carbons (Fsp3) is 0.250. The Kier molecular flexibility index (Phi) is 3.99. The van der Waals surface area contributed by atoms with Crippen LogP contribution in [0.1, 0.15) is 18.4 Å². The van der Waals surface area contributed by atoms with Crippen LogP contribution in [0.25, 0.3) is 6.08 Å². The molecule has 1 aliphatic carbocycles. The Morgan fingerprint density at radius 1 is 1.36 bits per heavy atom. The van der Waals surface area contributed by atoms with Crippen LogP contribution in [0, 0.1) is 0 Å². The minimum absolute atomic E-state index is 0.743. The molecule has 14 heavy (non-hydrogen) atoms. The van der Waals surface area contributed by atoms with Crippen LogP contribution in [0.15, 0.2) is 30.3 Å². The number of hydrogen-bond donors (Lipinski definition) is 0. The number of allylic oxidation sites excluding steroid dienone is 1. The molecular formula is C12H12OSr. The van der Waals surface area contributed by atoms with E-state index in [2.05, 4.69) is 36.4 Å². The van der Waals surface area contributed by atoms with Crippen LogP contribution < -0.4 is 0 Å². The van der Waals surface area contributed by atoms with Gasteiger partial charge in [0, 0.05) is 0 Å². The van der Waals surface area contributed by atoms with E-state index in [1.165, 1.54) is 12.5 Å². The van der Waals surface area contributed by atoms with E-state index < -0.39 is 41.0 Å². The fourth-order valence-corrected chi connectivity index (χ4v) is 6.55. The van der Waals surface area contributed by atoms with E-state index in [1.807, 2.05) is 0 Å². The van der Waals surface area contributed by atoms with Crippen molar-refractivity contribution in [2.45, 2.75) is 8.70 Å². The number of rotatable bonds is 4. The Labute approximate surface area is 107 Å². The molecule has 1 aliphatic rings. The standard InChI is InChI=1S/C9H7.C3H5O.Sr/c1-2-5-9-7-3-6-8(9)4-1;1-2-3-4;/h1-7H;3H,1-2H2;. The van der Waals surface area contributed by atoms with E-state index in [9.17, 15) is 4.79 Å². The second-order valence-electron chi connectivity index (χ2n) is 3.69. The first kappa shape index (κ1) is 10.6. The number of aldehydes is 1. The van der Waals surface area contributed by atoms with Gasteiger partial charge in [-0.05, 0) is 0 Å². The van der Waals surface area contributed by atoms with E-state index in [1.54, 1.807) is 0 Å². The van der Waals surface area contributed by atoms with Gasteiger partial charge in [-0.15, -0.1) is 0 Å². The van der Waals surface area contributed by atoms with Crippen LogP contribution in [0.3, 0.4) is 0 Å². The predicted molar refractivity (Wildman–Crippen MR) is 59.5 cm³/mol. The first-order chi connectivity index (χ1) is 6.92. The van der Waals surface area contributed by atoms with Gasteiger partial charge in [-0.25, -0.2) is 0 Å². The van der Waals surface area contributed by atoms with Crippen molar-refractivity contribution in [3.8, 4) is 0 Å².